The highest BCUT2D eigenvalue weighted by Crippen LogP contribution is 2.38. The van der Waals surface area contributed by atoms with Gasteiger partial charge in [-0.25, -0.2) is 0 Å². The highest BCUT2D eigenvalue weighted by atomic mass is 32.1. The van der Waals surface area contributed by atoms with Crippen LogP contribution in [-0.4, -0.2) is 46.0 Å². The van der Waals surface area contributed by atoms with Crippen LogP contribution >= 0.6 is 11.3 Å². The van der Waals surface area contributed by atoms with Crippen molar-refractivity contribution in [2.24, 2.45) is 7.05 Å². The number of alkyl halides is 3. The first-order chi connectivity index (χ1) is 15.4. The molecular formula is C20H20F3N5O4S. The van der Waals surface area contributed by atoms with Crippen LogP contribution < -0.4 is 21.8 Å². The minimum absolute atomic E-state index is 0.105. The number of nitrogens with zero attached hydrogens (tertiary/aromatic N) is 2. The Kier molecular flexibility index (Phi) is 6.53. The third-order valence-corrected chi connectivity index (χ3v) is 5.58. The first kappa shape index (κ1) is 23.9. The van der Waals surface area contributed by atoms with E-state index in [1.54, 1.807) is 0 Å². The van der Waals surface area contributed by atoms with Crippen LogP contribution in [0.5, 0.6) is 5.75 Å². The van der Waals surface area contributed by atoms with Crippen molar-refractivity contribution >= 4 is 34.3 Å². The molecule has 2 heterocycles. The number of anilines is 3. The lowest BCUT2D eigenvalue weighted by Crippen LogP contribution is -2.35. The van der Waals surface area contributed by atoms with Gasteiger partial charge in [-0.2, -0.15) is 13.2 Å². The number of hydrogen-bond acceptors (Lipinski definition) is 7. The van der Waals surface area contributed by atoms with Crippen LogP contribution in [0.4, 0.5) is 30.2 Å². The molecule has 0 saturated heterocycles. The summed E-state index contributed by atoms with van der Waals surface area (Å²) >= 11 is 0.832. The summed E-state index contributed by atoms with van der Waals surface area (Å²) in [5, 5.41) is 18.8. The molecule has 33 heavy (non-hydrogen) atoms. The number of H-pyrrole nitrogens is 1. The fourth-order valence-electron chi connectivity index (χ4n) is 3.01. The molecule has 0 radical (unpaired) electrons. The minimum Gasteiger partial charge on any atom is -0.505 e. The number of hydrogen-bond donors (Lipinski definition) is 4. The number of carbonyl (C=O) groups is 1. The van der Waals surface area contributed by atoms with Gasteiger partial charge in [-0.05, 0) is 23.6 Å². The van der Waals surface area contributed by atoms with Gasteiger partial charge in [0.2, 0.25) is 0 Å². The summed E-state index contributed by atoms with van der Waals surface area (Å²) in [6.07, 6.45) is -4.78. The van der Waals surface area contributed by atoms with Crippen molar-refractivity contribution in [2.45, 2.75) is 12.2 Å². The molecule has 0 aliphatic rings. The van der Waals surface area contributed by atoms with Crippen molar-refractivity contribution in [3.05, 3.63) is 66.9 Å². The Balaban J connectivity index is 2.13. The smallest absolute Gasteiger partial charge is 0.413 e. The molecule has 0 aliphatic carbocycles. The fraction of sp³-hybridized carbons (Fsp3) is 0.250. The minimum atomic E-state index is -4.78. The number of halogens is 3. The fourth-order valence-corrected chi connectivity index (χ4v) is 3.81. The Labute approximate surface area is 189 Å². The van der Waals surface area contributed by atoms with E-state index in [0.717, 1.165) is 16.0 Å². The molecule has 3 aromatic rings. The van der Waals surface area contributed by atoms with Gasteiger partial charge < -0.3 is 20.6 Å². The Morgan fingerprint density at radius 3 is 2.45 bits per heavy atom. The molecule has 0 aliphatic heterocycles. The van der Waals surface area contributed by atoms with E-state index in [1.165, 1.54) is 61.8 Å². The van der Waals surface area contributed by atoms with E-state index >= 15 is 0 Å². The second-order valence-electron chi connectivity index (χ2n) is 7.22. The number of aromatic nitrogens is 2. The number of phenolic OH excluding ortho intramolecular Hbond substituents is 1. The first-order valence-corrected chi connectivity index (χ1v) is 10.3. The maximum Gasteiger partial charge on any atom is 0.413 e. The van der Waals surface area contributed by atoms with Gasteiger partial charge in [-0.1, -0.05) is 12.1 Å². The highest BCUT2D eigenvalue weighted by molar-refractivity contribution is 7.10. The van der Waals surface area contributed by atoms with E-state index in [4.69, 9.17) is 0 Å². The van der Waals surface area contributed by atoms with Gasteiger partial charge in [0.15, 0.2) is 11.8 Å². The number of amides is 1. The SMILES string of the molecule is CN(C)C(=O)c1cccc(Nc2c(N[C@@H](c3cccs3)C(F)(F)F)c(=O)n(C)[nH]c2=O)c1O. The number of aryl methyl sites for hydroxylation is 1. The van der Waals surface area contributed by atoms with Gasteiger partial charge in [-0.15, -0.1) is 11.3 Å². The van der Waals surface area contributed by atoms with Crippen LogP contribution in [0.15, 0.2) is 45.3 Å². The van der Waals surface area contributed by atoms with Gasteiger partial charge in [0.05, 0.1) is 11.3 Å². The average Bonchev–Trinajstić information content (AvgIpc) is 3.25. The van der Waals surface area contributed by atoms with Crippen LogP contribution in [0.25, 0.3) is 0 Å². The summed E-state index contributed by atoms with van der Waals surface area (Å²) in [7, 11) is 4.12. The lowest BCUT2D eigenvalue weighted by atomic mass is 10.1. The van der Waals surface area contributed by atoms with E-state index in [1.807, 2.05) is 0 Å². The predicted molar refractivity (Wildman–Crippen MR) is 118 cm³/mol. The summed E-state index contributed by atoms with van der Waals surface area (Å²) in [5.41, 5.74) is -3.32. The van der Waals surface area contributed by atoms with E-state index < -0.39 is 46.4 Å². The lowest BCUT2D eigenvalue weighted by Gasteiger charge is -2.23. The molecule has 13 heteroatoms. The highest BCUT2D eigenvalue weighted by Gasteiger charge is 2.42. The molecule has 4 N–H and O–H groups in total. The Morgan fingerprint density at radius 2 is 1.88 bits per heavy atom. The molecule has 9 nitrogen and oxygen atoms in total. The van der Waals surface area contributed by atoms with E-state index in [0.29, 0.717) is 0 Å². The molecule has 2 aromatic heterocycles. The monoisotopic (exact) mass is 483 g/mol. The van der Waals surface area contributed by atoms with Crippen LogP contribution in [0, 0.1) is 0 Å². The van der Waals surface area contributed by atoms with E-state index in [2.05, 4.69) is 15.7 Å². The number of aromatic amines is 1. The first-order valence-electron chi connectivity index (χ1n) is 9.42. The van der Waals surface area contributed by atoms with Crippen LogP contribution in [0.3, 0.4) is 0 Å². The quantitative estimate of drug-likeness (QED) is 0.400. The lowest BCUT2D eigenvalue weighted by molar-refractivity contribution is -0.143. The van der Waals surface area contributed by atoms with Crippen LogP contribution in [0.1, 0.15) is 21.3 Å². The number of carbonyl (C=O) groups excluding carboxylic acids is 1. The number of para-hydroxylation sites is 1. The predicted octanol–water partition coefficient (Wildman–Crippen LogP) is 3.00. The Bertz CT molecular complexity index is 1280. The second-order valence-corrected chi connectivity index (χ2v) is 8.20. The van der Waals surface area contributed by atoms with Crippen molar-refractivity contribution < 1.29 is 23.1 Å². The van der Waals surface area contributed by atoms with Crippen molar-refractivity contribution in [1.29, 1.82) is 0 Å². The normalized spacial score (nSPS) is 12.3. The maximum atomic E-state index is 13.8. The molecule has 1 atom stereocenters. The number of aromatic hydroxyl groups is 1. The summed E-state index contributed by atoms with van der Waals surface area (Å²) in [6, 6.07) is 4.48. The standard InChI is InChI=1S/C20H20F3N5O4S/c1-27(2)18(31)10-6-4-7-11(15(10)29)24-13-14(19(32)28(3)26-17(13)30)25-16(20(21,22)23)12-8-5-9-33-12/h4-9,16,24-25,29H,1-3H3,(H,26,30)/t16-/m0/s1. The zero-order valence-corrected chi connectivity index (χ0v) is 18.5. The molecule has 3 rings (SSSR count). The number of phenols is 1. The zero-order chi connectivity index (χ0) is 24.5. The van der Waals surface area contributed by atoms with Crippen molar-refractivity contribution in [3.63, 3.8) is 0 Å². The number of benzene rings is 1. The molecule has 0 unspecified atom stereocenters. The topological polar surface area (TPSA) is 119 Å². The van der Waals surface area contributed by atoms with Crippen LogP contribution in [-0.2, 0) is 7.05 Å². The van der Waals surface area contributed by atoms with Crippen molar-refractivity contribution in [2.75, 3.05) is 24.7 Å². The largest absolute Gasteiger partial charge is 0.505 e. The van der Waals surface area contributed by atoms with Gasteiger partial charge >= 0.3 is 6.18 Å². The van der Waals surface area contributed by atoms with Crippen LogP contribution in [0.2, 0.25) is 0 Å². The van der Waals surface area contributed by atoms with Gasteiger partial charge in [0.25, 0.3) is 17.0 Å². The van der Waals surface area contributed by atoms with Gasteiger partial charge in [-0.3, -0.25) is 24.2 Å². The van der Waals surface area contributed by atoms with Gasteiger partial charge in [0.1, 0.15) is 11.4 Å². The summed E-state index contributed by atoms with van der Waals surface area (Å²) in [6.45, 7) is 0. The number of nitrogens with one attached hydrogen (secondary N) is 3. The second kappa shape index (κ2) is 9.02. The van der Waals surface area contributed by atoms with E-state index in [9.17, 15) is 32.7 Å². The van der Waals surface area contributed by atoms with Crippen molar-refractivity contribution in [1.82, 2.24) is 14.7 Å². The molecule has 0 saturated carbocycles. The van der Waals surface area contributed by atoms with E-state index in [-0.39, 0.29) is 16.1 Å². The summed E-state index contributed by atoms with van der Waals surface area (Å²) in [5.74, 6) is -1.07. The molecule has 1 aromatic carbocycles. The molecule has 0 bridgehead atoms. The summed E-state index contributed by atoms with van der Waals surface area (Å²) in [4.78, 5) is 38.7. The zero-order valence-electron chi connectivity index (χ0n) is 17.6. The molecule has 0 spiro atoms. The number of thiophene rings is 1. The maximum absolute atomic E-state index is 13.8. The van der Waals surface area contributed by atoms with Gasteiger partial charge in [0, 0.05) is 26.0 Å². The third kappa shape index (κ3) is 4.87. The molecule has 176 valence electrons. The molecule has 0 fully saturated rings. The average molecular weight is 483 g/mol. The third-order valence-electron chi connectivity index (χ3n) is 4.64. The van der Waals surface area contributed by atoms with Crippen molar-refractivity contribution in [3.8, 4) is 5.75 Å². The molecular weight excluding hydrogens is 463 g/mol. The Morgan fingerprint density at radius 1 is 1.18 bits per heavy atom. The molecule has 1 amide bonds. The Hall–Kier alpha value is -3.74. The summed E-state index contributed by atoms with van der Waals surface area (Å²) < 4.78 is 42.1. The number of rotatable bonds is 6.